The monoisotopic (exact) mass is 168 g/mol. The molecule has 0 bridgehead atoms. The van der Waals surface area contributed by atoms with Crippen LogP contribution in [0.25, 0.3) is 0 Å². The number of allylic oxidation sites excluding steroid dienone is 4. The van der Waals surface area contributed by atoms with Crippen molar-refractivity contribution in [1.29, 1.82) is 0 Å². The van der Waals surface area contributed by atoms with Gasteiger partial charge in [-0.3, -0.25) is 0 Å². The van der Waals surface area contributed by atoms with E-state index in [0.29, 0.717) is 5.92 Å². The third-order valence-electron chi connectivity index (χ3n) is 1.95. The fourth-order valence-electron chi connectivity index (χ4n) is 1.26. The van der Waals surface area contributed by atoms with E-state index in [0.717, 1.165) is 12.2 Å². The maximum absolute atomic E-state index is 5.20. The molecule has 1 unspecified atom stereocenters. The molecule has 1 aliphatic carbocycles. The summed E-state index contributed by atoms with van der Waals surface area (Å²) in [7, 11) is 1.74. The maximum Gasteiger partial charge on any atom is 0.0989 e. The van der Waals surface area contributed by atoms with Crippen LogP contribution in [-0.2, 0) is 4.74 Å². The maximum atomic E-state index is 5.20. The highest BCUT2D eigenvalue weighted by Gasteiger charge is 2.12. The highest BCUT2D eigenvalue weighted by Crippen LogP contribution is 2.23. The fourth-order valence-corrected chi connectivity index (χ4v) is 1.26. The Hall–Kier alpha value is -0.720. The van der Waals surface area contributed by atoms with Crippen LogP contribution in [0.4, 0.5) is 0 Å². The minimum Gasteiger partial charge on any atom is -0.501 e. The quantitative estimate of drug-likeness (QED) is 0.613. The Labute approximate surface area is 76.1 Å². The molecule has 0 aromatic carbocycles. The lowest BCUT2D eigenvalue weighted by atomic mass is 9.96. The largest absolute Gasteiger partial charge is 0.501 e. The Balaban J connectivity index is 0.000000561. The summed E-state index contributed by atoms with van der Waals surface area (Å²) in [6.45, 7) is 6.19. The van der Waals surface area contributed by atoms with Crippen LogP contribution in [0, 0.1) is 5.92 Å². The number of ether oxygens (including phenoxy) is 1. The first-order chi connectivity index (χ1) is 5.88. The summed E-state index contributed by atoms with van der Waals surface area (Å²) in [5, 5.41) is 0. The van der Waals surface area contributed by atoms with Crippen LogP contribution < -0.4 is 0 Å². The van der Waals surface area contributed by atoms with Crippen molar-refractivity contribution in [2.24, 2.45) is 5.92 Å². The second-order valence-electron chi connectivity index (χ2n) is 2.54. The van der Waals surface area contributed by atoms with E-state index in [1.807, 2.05) is 13.8 Å². The van der Waals surface area contributed by atoms with Crippen LogP contribution in [0.2, 0.25) is 0 Å². The highest BCUT2D eigenvalue weighted by molar-refractivity contribution is 5.16. The van der Waals surface area contributed by atoms with Crippen molar-refractivity contribution < 1.29 is 4.74 Å². The van der Waals surface area contributed by atoms with E-state index < -0.39 is 0 Å². The summed E-state index contributed by atoms with van der Waals surface area (Å²) < 4.78 is 5.20. The third-order valence-corrected chi connectivity index (χ3v) is 1.95. The molecule has 12 heavy (non-hydrogen) atoms. The second kappa shape index (κ2) is 6.96. The zero-order chi connectivity index (χ0) is 9.40. The predicted octanol–water partition coefficient (Wildman–Crippen LogP) is 3.53. The van der Waals surface area contributed by atoms with Crippen LogP contribution in [-0.4, -0.2) is 7.11 Å². The molecule has 0 aromatic heterocycles. The van der Waals surface area contributed by atoms with E-state index in [1.165, 1.54) is 6.42 Å². The van der Waals surface area contributed by atoms with Crippen molar-refractivity contribution in [3.8, 4) is 0 Å². The topological polar surface area (TPSA) is 9.23 Å². The molecular weight excluding hydrogens is 148 g/mol. The molecule has 1 rings (SSSR count). The van der Waals surface area contributed by atoms with Crippen LogP contribution in [0.1, 0.15) is 33.6 Å². The minimum atomic E-state index is 0.620. The van der Waals surface area contributed by atoms with Gasteiger partial charge in [-0.1, -0.05) is 32.9 Å². The van der Waals surface area contributed by atoms with Gasteiger partial charge in [0, 0.05) is 5.92 Å². The zero-order valence-electron chi connectivity index (χ0n) is 8.63. The SMILES string of the molecule is CC.CCC1CC=CC=C1OC. The minimum absolute atomic E-state index is 0.620. The van der Waals surface area contributed by atoms with Crippen molar-refractivity contribution in [1.82, 2.24) is 0 Å². The molecule has 0 N–H and O–H groups in total. The van der Waals surface area contributed by atoms with Crippen molar-refractivity contribution in [3.63, 3.8) is 0 Å². The summed E-state index contributed by atoms with van der Waals surface area (Å²) in [6.07, 6.45) is 8.61. The van der Waals surface area contributed by atoms with Crippen LogP contribution in [0.5, 0.6) is 0 Å². The van der Waals surface area contributed by atoms with Crippen molar-refractivity contribution in [3.05, 3.63) is 24.0 Å². The van der Waals surface area contributed by atoms with Crippen LogP contribution in [0.3, 0.4) is 0 Å². The molecule has 1 nitrogen and oxygen atoms in total. The Bertz CT molecular complexity index is 156. The number of hydrogen-bond acceptors (Lipinski definition) is 1. The normalized spacial score (nSPS) is 20.7. The van der Waals surface area contributed by atoms with Crippen molar-refractivity contribution in [2.45, 2.75) is 33.6 Å². The molecule has 0 amide bonds. The molecule has 0 saturated heterocycles. The Morgan fingerprint density at radius 2 is 2.17 bits per heavy atom. The number of hydrogen-bond donors (Lipinski definition) is 0. The first-order valence-corrected chi connectivity index (χ1v) is 4.79. The average Bonchev–Trinajstić information content (AvgIpc) is 2.20. The number of rotatable bonds is 2. The smallest absolute Gasteiger partial charge is 0.0989 e. The summed E-state index contributed by atoms with van der Waals surface area (Å²) >= 11 is 0. The predicted molar refractivity (Wildman–Crippen MR) is 54.0 cm³/mol. The average molecular weight is 168 g/mol. The van der Waals surface area contributed by atoms with E-state index in [2.05, 4.69) is 25.2 Å². The Morgan fingerprint density at radius 3 is 2.58 bits per heavy atom. The third kappa shape index (κ3) is 3.12. The zero-order valence-corrected chi connectivity index (χ0v) is 8.63. The Morgan fingerprint density at radius 1 is 1.50 bits per heavy atom. The van der Waals surface area contributed by atoms with Crippen LogP contribution >= 0.6 is 0 Å². The first-order valence-electron chi connectivity index (χ1n) is 4.79. The summed E-state index contributed by atoms with van der Waals surface area (Å²) in [4.78, 5) is 0. The first kappa shape index (κ1) is 11.3. The lowest BCUT2D eigenvalue weighted by Crippen LogP contribution is -2.05. The summed E-state index contributed by atoms with van der Waals surface area (Å²) in [5.41, 5.74) is 0. The molecule has 0 aromatic rings. The van der Waals surface area contributed by atoms with Gasteiger partial charge >= 0.3 is 0 Å². The molecule has 0 radical (unpaired) electrons. The molecule has 0 fully saturated rings. The van der Waals surface area contributed by atoms with Crippen molar-refractivity contribution in [2.75, 3.05) is 7.11 Å². The summed E-state index contributed by atoms with van der Waals surface area (Å²) in [5.74, 6) is 1.75. The van der Waals surface area contributed by atoms with E-state index in [9.17, 15) is 0 Å². The van der Waals surface area contributed by atoms with Gasteiger partial charge in [-0.25, -0.2) is 0 Å². The van der Waals surface area contributed by atoms with E-state index in [-0.39, 0.29) is 0 Å². The van der Waals surface area contributed by atoms with Gasteiger partial charge in [0.05, 0.1) is 12.9 Å². The van der Waals surface area contributed by atoms with Crippen molar-refractivity contribution >= 4 is 0 Å². The molecule has 0 saturated carbocycles. The van der Waals surface area contributed by atoms with Crippen LogP contribution in [0.15, 0.2) is 24.0 Å². The number of methoxy groups -OCH3 is 1. The standard InChI is InChI=1S/C9H14O.C2H6/c1-3-8-6-4-5-7-9(8)10-2;1-2/h4-5,7-8H,3,6H2,1-2H3;1-2H3. The lowest BCUT2D eigenvalue weighted by molar-refractivity contribution is 0.236. The molecular formula is C11H20O. The van der Waals surface area contributed by atoms with Gasteiger partial charge in [-0.2, -0.15) is 0 Å². The van der Waals surface area contributed by atoms with Gasteiger partial charge in [0.15, 0.2) is 0 Å². The molecule has 70 valence electrons. The molecule has 1 heteroatoms. The van der Waals surface area contributed by atoms with Gasteiger partial charge in [-0.15, -0.1) is 0 Å². The highest BCUT2D eigenvalue weighted by atomic mass is 16.5. The molecule has 1 aliphatic rings. The molecule has 1 atom stereocenters. The van der Waals surface area contributed by atoms with Gasteiger partial charge < -0.3 is 4.74 Å². The van der Waals surface area contributed by atoms with E-state index in [4.69, 9.17) is 4.74 Å². The van der Waals surface area contributed by atoms with Gasteiger partial charge in [0.1, 0.15) is 0 Å². The lowest BCUT2D eigenvalue weighted by Gasteiger charge is -2.17. The van der Waals surface area contributed by atoms with E-state index >= 15 is 0 Å². The summed E-state index contributed by atoms with van der Waals surface area (Å²) in [6, 6.07) is 0. The molecule has 0 spiro atoms. The molecule has 0 aliphatic heterocycles. The van der Waals surface area contributed by atoms with Gasteiger partial charge in [-0.05, 0) is 18.9 Å². The Kier molecular flexibility index (Phi) is 6.54. The van der Waals surface area contributed by atoms with Gasteiger partial charge in [0.25, 0.3) is 0 Å². The fraction of sp³-hybridized carbons (Fsp3) is 0.636. The second-order valence-corrected chi connectivity index (χ2v) is 2.54. The van der Waals surface area contributed by atoms with E-state index in [1.54, 1.807) is 7.11 Å². The molecule has 0 heterocycles. The van der Waals surface area contributed by atoms with Gasteiger partial charge in [0.2, 0.25) is 0 Å².